The Hall–Kier alpha value is -1.71. The summed E-state index contributed by atoms with van der Waals surface area (Å²) in [5.74, 6) is 0. The first-order valence-electron chi connectivity index (χ1n) is 6.91. The highest BCUT2D eigenvalue weighted by molar-refractivity contribution is 6.32. The summed E-state index contributed by atoms with van der Waals surface area (Å²) in [6, 6.07) is 9.87. The van der Waals surface area contributed by atoms with E-state index < -0.39 is 0 Å². The first kappa shape index (κ1) is 15.7. The first-order valence-corrected chi connectivity index (χ1v) is 7.29. The van der Waals surface area contributed by atoms with E-state index in [9.17, 15) is 4.79 Å². The number of benzene rings is 1. The molecule has 1 aromatic carbocycles. The van der Waals surface area contributed by atoms with Crippen molar-refractivity contribution >= 4 is 23.6 Å². The summed E-state index contributed by atoms with van der Waals surface area (Å²) in [5, 5.41) is 4.04. The Balaban J connectivity index is 2.54. The van der Waals surface area contributed by atoms with Gasteiger partial charge in [0.15, 0.2) is 0 Å². The van der Waals surface area contributed by atoms with Crippen LogP contribution in [0.3, 0.4) is 0 Å². The fraction of sp³-hybridized carbons (Fsp3) is 0.294. The largest absolute Gasteiger partial charge is 0.310 e. The minimum atomic E-state index is -0.254. The van der Waals surface area contributed by atoms with Crippen LogP contribution in [0.15, 0.2) is 58.1 Å². The van der Waals surface area contributed by atoms with Crippen molar-refractivity contribution in [2.45, 2.75) is 18.9 Å². The highest BCUT2D eigenvalue weighted by atomic mass is 35.5. The molecule has 0 saturated heterocycles. The number of hydrogen-bond acceptors (Lipinski definition) is 3. The fourth-order valence-electron chi connectivity index (χ4n) is 2.39. The number of carbonyl (C=O) groups is 1. The Morgan fingerprint density at radius 1 is 1.43 bits per heavy atom. The molecule has 1 unspecified atom stereocenters. The molecule has 0 radical (unpaired) electrons. The van der Waals surface area contributed by atoms with Crippen LogP contribution in [0.4, 0.5) is 0 Å². The summed E-state index contributed by atoms with van der Waals surface area (Å²) in [5.41, 5.74) is 2.55. The van der Waals surface area contributed by atoms with Crippen molar-refractivity contribution in [3.63, 3.8) is 0 Å². The van der Waals surface area contributed by atoms with E-state index in [0.29, 0.717) is 5.03 Å². The van der Waals surface area contributed by atoms with E-state index in [1.54, 1.807) is 0 Å². The predicted octanol–water partition coefficient (Wildman–Crippen LogP) is 3.11. The Kier molecular flexibility index (Phi) is 5.10. The van der Waals surface area contributed by atoms with E-state index in [1.807, 2.05) is 49.5 Å². The monoisotopic (exact) mass is 302 g/mol. The van der Waals surface area contributed by atoms with Crippen molar-refractivity contribution < 1.29 is 4.79 Å². The van der Waals surface area contributed by atoms with Gasteiger partial charge in [-0.2, -0.15) is 0 Å². The van der Waals surface area contributed by atoms with Crippen LogP contribution < -0.4 is 5.32 Å². The number of aldehydes is 1. The zero-order valence-corrected chi connectivity index (χ0v) is 13.0. The third-order valence-electron chi connectivity index (χ3n) is 3.76. The SMILES string of the molecule is CNC1(C)CC=C(Cl)C=C1C(=NCC=O)c1ccccc1. The summed E-state index contributed by atoms with van der Waals surface area (Å²) in [4.78, 5) is 15.2. The molecular formula is C17H19ClN2O. The molecule has 1 aliphatic rings. The van der Waals surface area contributed by atoms with E-state index in [-0.39, 0.29) is 12.1 Å². The third-order valence-corrected chi connectivity index (χ3v) is 4.02. The van der Waals surface area contributed by atoms with Gasteiger partial charge in [0.05, 0.1) is 12.3 Å². The number of aliphatic imine (C=N–C) groups is 1. The molecule has 1 N–H and O–H groups in total. The molecule has 0 bridgehead atoms. The number of nitrogens with zero attached hydrogens (tertiary/aromatic N) is 1. The normalized spacial score (nSPS) is 22.5. The van der Waals surface area contributed by atoms with Crippen LogP contribution in [-0.2, 0) is 4.79 Å². The van der Waals surface area contributed by atoms with Gasteiger partial charge in [0.25, 0.3) is 0 Å². The molecule has 0 aliphatic heterocycles. The maximum Gasteiger partial charge on any atom is 0.141 e. The van der Waals surface area contributed by atoms with Crippen molar-refractivity contribution in [3.05, 3.63) is 58.7 Å². The van der Waals surface area contributed by atoms with E-state index in [0.717, 1.165) is 29.6 Å². The summed E-state index contributed by atoms with van der Waals surface area (Å²) in [6.07, 6.45) is 5.50. The number of carbonyl (C=O) groups excluding carboxylic acids is 1. The number of nitrogens with one attached hydrogen (secondary N) is 1. The van der Waals surface area contributed by atoms with Crippen LogP contribution >= 0.6 is 11.6 Å². The summed E-state index contributed by atoms with van der Waals surface area (Å²) in [7, 11) is 1.92. The van der Waals surface area contributed by atoms with E-state index >= 15 is 0 Å². The van der Waals surface area contributed by atoms with Crippen molar-refractivity contribution in [2.75, 3.05) is 13.6 Å². The van der Waals surface area contributed by atoms with Gasteiger partial charge in [0.2, 0.25) is 0 Å². The van der Waals surface area contributed by atoms with Gasteiger partial charge in [0.1, 0.15) is 6.29 Å². The van der Waals surface area contributed by atoms with E-state index in [1.165, 1.54) is 0 Å². The second-order valence-corrected chi connectivity index (χ2v) is 5.59. The average molecular weight is 303 g/mol. The molecular weight excluding hydrogens is 284 g/mol. The van der Waals surface area contributed by atoms with Crippen LogP contribution in [-0.4, -0.2) is 31.1 Å². The number of allylic oxidation sites excluding steroid dienone is 2. The Morgan fingerprint density at radius 2 is 2.14 bits per heavy atom. The molecule has 1 aromatic rings. The smallest absolute Gasteiger partial charge is 0.141 e. The lowest BCUT2D eigenvalue weighted by Gasteiger charge is -2.34. The van der Waals surface area contributed by atoms with Crippen LogP contribution in [0, 0.1) is 0 Å². The molecule has 1 atom stereocenters. The van der Waals surface area contributed by atoms with Crippen LogP contribution in [0.5, 0.6) is 0 Å². The molecule has 110 valence electrons. The van der Waals surface area contributed by atoms with Gasteiger partial charge in [-0.3, -0.25) is 4.99 Å². The number of halogens is 1. The summed E-state index contributed by atoms with van der Waals surface area (Å²) in [6.45, 7) is 2.25. The van der Waals surface area contributed by atoms with Crippen molar-refractivity contribution in [1.82, 2.24) is 5.32 Å². The number of rotatable bonds is 5. The van der Waals surface area contributed by atoms with Gasteiger partial charge in [0, 0.05) is 16.1 Å². The minimum absolute atomic E-state index is 0.142. The highest BCUT2D eigenvalue weighted by Crippen LogP contribution is 2.32. The van der Waals surface area contributed by atoms with Gasteiger partial charge >= 0.3 is 0 Å². The lowest BCUT2D eigenvalue weighted by atomic mass is 9.80. The lowest BCUT2D eigenvalue weighted by Crippen LogP contribution is -2.45. The number of likely N-dealkylation sites (N-methyl/N-ethyl adjacent to an activating group) is 1. The van der Waals surface area contributed by atoms with Gasteiger partial charge in [-0.25, -0.2) is 0 Å². The molecule has 1 aliphatic carbocycles. The molecule has 3 nitrogen and oxygen atoms in total. The average Bonchev–Trinajstić information content (AvgIpc) is 2.52. The molecule has 21 heavy (non-hydrogen) atoms. The maximum atomic E-state index is 10.7. The van der Waals surface area contributed by atoms with Crippen LogP contribution in [0.2, 0.25) is 0 Å². The minimum Gasteiger partial charge on any atom is -0.310 e. The van der Waals surface area contributed by atoms with Crippen molar-refractivity contribution in [1.29, 1.82) is 0 Å². The van der Waals surface area contributed by atoms with E-state index in [2.05, 4.69) is 17.2 Å². The van der Waals surface area contributed by atoms with Gasteiger partial charge < -0.3 is 10.1 Å². The Bertz CT molecular complexity index is 604. The van der Waals surface area contributed by atoms with Crippen molar-refractivity contribution in [2.24, 2.45) is 4.99 Å². The zero-order chi connectivity index (χ0) is 15.3. The molecule has 0 saturated carbocycles. The molecule has 0 amide bonds. The first-order chi connectivity index (χ1) is 10.1. The second kappa shape index (κ2) is 6.83. The molecule has 0 aromatic heterocycles. The maximum absolute atomic E-state index is 10.7. The molecule has 2 rings (SSSR count). The lowest BCUT2D eigenvalue weighted by molar-refractivity contribution is -0.106. The van der Waals surface area contributed by atoms with Gasteiger partial charge in [-0.15, -0.1) is 0 Å². The van der Waals surface area contributed by atoms with Gasteiger partial charge in [-0.05, 0) is 32.0 Å². The zero-order valence-electron chi connectivity index (χ0n) is 12.3. The number of hydrogen-bond donors (Lipinski definition) is 1. The molecule has 4 heteroatoms. The third kappa shape index (κ3) is 3.49. The standard InChI is InChI=1S/C17H19ClN2O/c1-17(19-2)9-8-14(18)12-15(17)16(20-10-11-21)13-6-4-3-5-7-13/h3-8,11-12,19H,9-10H2,1-2H3. The van der Waals surface area contributed by atoms with Crippen molar-refractivity contribution in [3.8, 4) is 0 Å². The van der Waals surface area contributed by atoms with Gasteiger partial charge in [-0.1, -0.05) is 48.0 Å². The van der Waals surface area contributed by atoms with Crippen LogP contribution in [0.25, 0.3) is 0 Å². The Labute approximate surface area is 130 Å². The van der Waals surface area contributed by atoms with E-state index in [4.69, 9.17) is 11.6 Å². The molecule has 0 heterocycles. The Morgan fingerprint density at radius 3 is 2.76 bits per heavy atom. The summed E-state index contributed by atoms with van der Waals surface area (Å²) >= 11 is 6.19. The topological polar surface area (TPSA) is 41.5 Å². The summed E-state index contributed by atoms with van der Waals surface area (Å²) < 4.78 is 0. The quantitative estimate of drug-likeness (QED) is 0.671. The van der Waals surface area contributed by atoms with Crippen LogP contribution in [0.1, 0.15) is 18.9 Å². The second-order valence-electron chi connectivity index (χ2n) is 5.16. The molecule has 0 spiro atoms. The highest BCUT2D eigenvalue weighted by Gasteiger charge is 2.32. The predicted molar refractivity (Wildman–Crippen MR) is 88.0 cm³/mol. The fourth-order valence-corrected chi connectivity index (χ4v) is 2.58. The molecule has 0 fully saturated rings.